The molecule has 0 aliphatic rings. The second kappa shape index (κ2) is 4.11. The van der Waals surface area contributed by atoms with E-state index in [1.807, 2.05) is 26.8 Å². The van der Waals surface area contributed by atoms with Gasteiger partial charge in [-0.15, -0.1) is 0 Å². The van der Waals surface area contributed by atoms with Crippen molar-refractivity contribution in [2.75, 3.05) is 7.11 Å². The number of rotatable bonds is 3. The number of phenols is 1. The summed E-state index contributed by atoms with van der Waals surface area (Å²) >= 11 is 0. The van der Waals surface area contributed by atoms with Gasteiger partial charge in [-0.2, -0.15) is 0 Å². The van der Waals surface area contributed by atoms with Crippen molar-refractivity contribution in [2.45, 2.75) is 32.7 Å². The molecule has 0 aliphatic heterocycles. The molecule has 15 heavy (non-hydrogen) atoms. The zero-order chi connectivity index (χ0) is 11.6. The van der Waals surface area contributed by atoms with Gasteiger partial charge in [0.15, 0.2) is 11.5 Å². The Hall–Kier alpha value is -1.22. The Balaban J connectivity index is 3.43. The molecule has 0 atom stereocenters. The smallest absolute Gasteiger partial charge is 0.163 e. The van der Waals surface area contributed by atoms with Crippen LogP contribution in [0.4, 0.5) is 0 Å². The average Bonchev–Trinajstić information content (AvgIpc) is 2.15. The van der Waals surface area contributed by atoms with Crippen LogP contribution < -0.4 is 10.5 Å². The van der Waals surface area contributed by atoms with E-state index >= 15 is 0 Å². The van der Waals surface area contributed by atoms with Crippen molar-refractivity contribution >= 4 is 0 Å². The number of hydrogen-bond acceptors (Lipinski definition) is 3. The molecule has 0 unspecified atom stereocenters. The first-order valence-electron chi connectivity index (χ1n) is 5.10. The summed E-state index contributed by atoms with van der Waals surface area (Å²) in [6.45, 7) is 5.79. The molecule has 0 fully saturated rings. The topological polar surface area (TPSA) is 55.5 Å². The number of aromatic hydroxyl groups is 1. The fourth-order valence-electron chi connectivity index (χ4n) is 1.79. The zero-order valence-corrected chi connectivity index (χ0v) is 9.79. The van der Waals surface area contributed by atoms with Gasteiger partial charge in [-0.05, 0) is 31.9 Å². The highest BCUT2D eigenvalue weighted by atomic mass is 16.5. The van der Waals surface area contributed by atoms with Crippen molar-refractivity contribution < 1.29 is 9.84 Å². The van der Waals surface area contributed by atoms with E-state index < -0.39 is 5.54 Å². The molecule has 3 nitrogen and oxygen atoms in total. The van der Waals surface area contributed by atoms with E-state index in [2.05, 4.69) is 0 Å². The molecule has 3 N–H and O–H groups in total. The molecule has 0 saturated heterocycles. The fraction of sp³-hybridized carbons (Fsp3) is 0.500. The van der Waals surface area contributed by atoms with Crippen molar-refractivity contribution in [1.82, 2.24) is 0 Å². The molecule has 0 aliphatic carbocycles. The predicted octanol–water partition coefficient (Wildman–Crippen LogP) is 2.16. The quantitative estimate of drug-likeness (QED) is 0.802. The van der Waals surface area contributed by atoms with Gasteiger partial charge >= 0.3 is 0 Å². The summed E-state index contributed by atoms with van der Waals surface area (Å²) in [5, 5.41) is 10.0. The van der Waals surface area contributed by atoms with Crippen LogP contribution in [-0.2, 0) is 12.0 Å². The maximum absolute atomic E-state index is 10.0. The Morgan fingerprint density at radius 1 is 1.40 bits per heavy atom. The molecule has 0 spiro atoms. The Labute approximate surface area is 90.9 Å². The van der Waals surface area contributed by atoms with Crippen molar-refractivity contribution in [3.05, 3.63) is 23.3 Å². The molecule has 0 bridgehead atoms. The number of phenolic OH excluding ortho intramolecular Hbond substituents is 1. The van der Waals surface area contributed by atoms with Crippen LogP contribution in [0.25, 0.3) is 0 Å². The summed E-state index contributed by atoms with van der Waals surface area (Å²) < 4.78 is 5.07. The maximum atomic E-state index is 10.0. The van der Waals surface area contributed by atoms with Gasteiger partial charge in [-0.25, -0.2) is 0 Å². The van der Waals surface area contributed by atoms with Crippen LogP contribution in [0.2, 0.25) is 0 Å². The Bertz CT molecular complexity index is 353. The van der Waals surface area contributed by atoms with Gasteiger partial charge in [0, 0.05) is 11.1 Å². The molecular weight excluding hydrogens is 190 g/mol. The highest BCUT2D eigenvalue weighted by Crippen LogP contribution is 2.37. The average molecular weight is 209 g/mol. The minimum Gasteiger partial charge on any atom is -0.504 e. The number of hydrogen-bond donors (Lipinski definition) is 2. The first-order valence-corrected chi connectivity index (χ1v) is 5.10. The molecule has 1 aromatic rings. The van der Waals surface area contributed by atoms with Crippen molar-refractivity contribution in [2.24, 2.45) is 5.73 Å². The number of ether oxygens (including phenoxy) is 1. The number of nitrogens with two attached hydrogens (primary N) is 1. The van der Waals surface area contributed by atoms with E-state index in [9.17, 15) is 5.11 Å². The Morgan fingerprint density at radius 3 is 2.40 bits per heavy atom. The third-order valence-corrected chi connectivity index (χ3v) is 2.47. The summed E-state index contributed by atoms with van der Waals surface area (Å²) in [4.78, 5) is 0. The van der Waals surface area contributed by atoms with Gasteiger partial charge in [-0.1, -0.05) is 13.0 Å². The van der Waals surface area contributed by atoms with Crippen LogP contribution in [0.15, 0.2) is 12.1 Å². The summed E-state index contributed by atoms with van der Waals surface area (Å²) in [7, 11) is 1.54. The van der Waals surface area contributed by atoms with Crippen molar-refractivity contribution in [3.8, 4) is 11.5 Å². The van der Waals surface area contributed by atoms with Crippen LogP contribution in [0.3, 0.4) is 0 Å². The second-order valence-corrected chi connectivity index (χ2v) is 4.23. The summed E-state index contributed by atoms with van der Waals surface area (Å²) in [5.74, 6) is 0.630. The predicted molar refractivity (Wildman–Crippen MR) is 61.3 cm³/mol. The third-order valence-electron chi connectivity index (χ3n) is 2.47. The Morgan fingerprint density at radius 2 is 2.00 bits per heavy atom. The van der Waals surface area contributed by atoms with E-state index in [0.29, 0.717) is 5.75 Å². The Kier molecular flexibility index (Phi) is 3.25. The van der Waals surface area contributed by atoms with E-state index in [1.165, 1.54) is 7.11 Å². The zero-order valence-electron chi connectivity index (χ0n) is 9.79. The van der Waals surface area contributed by atoms with Crippen LogP contribution in [-0.4, -0.2) is 12.2 Å². The molecule has 0 amide bonds. The molecule has 0 aromatic heterocycles. The monoisotopic (exact) mass is 209 g/mol. The fourth-order valence-corrected chi connectivity index (χ4v) is 1.79. The second-order valence-electron chi connectivity index (χ2n) is 4.23. The highest BCUT2D eigenvalue weighted by Gasteiger charge is 2.24. The minimum absolute atomic E-state index is 0.157. The van der Waals surface area contributed by atoms with Gasteiger partial charge in [0.1, 0.15) is 0 Å². The van der Waals surface area contributed by atoms with E-state index in [1.54, 1.807) is 6.07 Å². The minimum atomic E-state index is -0.566. The SMILES string of the molecule is CCc1ccc(OC)c(O)c1C(C)(C)N. The van der Waals surface area contributed by atoms with Crippen LogP contribution in [0.1, 0.15) is 31.9 Å². The van der Waals surface area contributed by atoms with Gasteiger partial charge in [0.2, 0.25) is 0 Å². The lowest BCUT2D eigenvalue weighted by molar-refractivity contribution is 0.362. The molecule has 0 saturated carbocycles. The van der Waals surface area contributed by atoms with Crippen LogP contribution in [0, 0.1) is 0 Å². The van der Waals surface area contributed by atoms with Gasteiger partial charge in [-0.3, -0.25) is 0 Å². The van der Waals surface area contributed by atoms with E-state index in [-0.39, 0.29) is 5.75 Å². The molecule has 0 radical (unpaired) electrons. The number of methoxy groups -OCH3 is 1. The molecule has 3 heteroatoms. The summed E-state index contributed by atoms with van der Waals surface area (Å²) in [6.07, 6.45) is 0.841. The van der Waals surface area contributed by atoms with E-state index in [4.69, 9.17) is 10.5 Å². The maximum Gasteiger partial charge on any atom is 0.163 e. The molecule has 84 valence electrons. The largest absolute Gasteiger partial charge is 0.504 e. The molecule has 1 rings (SSSR count). The highest BCUT2D eigenvalue weighted by molar-refractivity contribution is 5.52. The van der Waals surface area contributed by atoms with Crippen molar-refractivity contribution in [3.63, 3.8) is 0 Å². The number of benzene rings is 1. The van der Waals surface area contributed by atoms with Gasteiger partial charge in [0.25, 0.3) is 0 Å². The van der Waals surface area contributed by atoms with E-state index in [0.717, 1.165) is 17.5 Å². The van der Waals surface area contributed by atoms with Crippen LogP contribution in [0.5, 0.6) is 11.5 Å². The van der Waals surface area contributed by atoms with Gasteiger partial charge in [0.05, 0.1) is 7.11 Å². The third kappa shape index (κ3) is 2.23. The first-order chi connectivity index (χ1) is 6.91. The lowest BCUT2D eigenvalue weighted by atomic mass is 9.88. The van der Waals surface area contributed by atoms with Crippen molar-refractivity contribution in [1.29, 1.82) is 0 Å². The summed E-state index contributed by atoms with van der Waals surface area (Å²) in [5.41, 5.74) is 7.30. The standard InChI is InChI=1S/C12H19NO2/c1-5-8-6-7-9(15-4)11(14)10(8)12(2,3)13/h6-7,14H,5,13H2,1-4H3. The van der Waals surface area contributed by atoms with Gasteiger partial charge < -0.3 is 15.6 Å². The molecule has 0 heterocycles. The lowest BCUT2D eigenvalue weighted by Crippen LogP contribution is -2.30. The molecular formula is C12H19NO2. The van der Waals surface area contributed by atoms with Crippen LogP contribution >= 0.6 is 0 Å². The molecule has 1 aromatic carbocycles. The lowest BCUT2D eigenvalue weighted by Gasteiger charge is -2.24. The first kappa shape index (κ1) is 11.9. The normalized spacial score (nSPS) is 11.5. The summed E-state index contributed by atoms with van der Waals surface area (Å²) in [6, 6.07) is 3.71. The number of aryl methyl sites for hydroxylation is 1.